The quantitative estimate of drug-likeness (QED) is 0.783. The molecule has 0 aliphatic heterocycles. The third kappa shape index (κ3) is 3.07. The number of rotatable bonds is 3. The molecule has 1 N–H and O–H groups in total. The zero-order valence-corrected chi connectivity index (χ0v) is 13.1. The lowest BCUT2D eigenvalue weighted by Gasteiger charge is -2.08. The topological polar surface area (TPSA) is 64.0 Å². The maximum absolute atomic E-state index is 12.3. The van der Waals surface area contributed by atoms with E-state index in [9.17, 15) is 9.59 Å². The number of hydrogen-bond acceptors (Lipinski definition) is 3. The van der Waals surface area contributed by atoms with Crippen molar-refractivity contribution in [3.8, 4) is 0 Å². The molecule has 22 heavy (non-hydrogen) atoms. The molecule has 5 nitrogen and oxygen atoms in total. The smallest absolute Gasteiger partial charge is 0.261 e. The van der Waals surface area contributed by atoms with Crippen LogP contribution in [0, 0.1) is 0 Å². The summed E-state index contributed by atoms with van der Waals surface area (Å²) in [5.41, 5.74) is 1.07. The molecule has 0 aliphatic carbocycles. The lowest BCUT2D eigenvalue weighted by molar-refractivity contribution is -0.116. The largest absolute Gasteiger partial charge is 0.325 e. The number of fused-ring (bicyclic) bond motifs is 1. The SMILES string of the molecule is O=C(Cn1cnc2ccccc2c1=O)Nc1ccc(Br)cc1. The van der Waals surface area contributed by atoms with E-state index in [1.165, 1.54) is 10.9 Å². The van der Waals surface area contributed by atoms with E-state index in [1.807, 2.05) is 18.2 Å². The fourth-order valence-corrected chi connectivity index (χ4v) is 2.37. The summed E-state index contributed by atoms with van der Waals surface area (Å²) < 4.78 is 2.23. The number of anilines is 1. The summed E-state index contributed by atoms with van der Waals surface area (Å²) in [7, 11) is 0. The van der Waals surface area contributed by atoms with E-state index < -0.39 is 0 Å². The molecule has 0 bridgehead atoms. The van der Waals surface area contributed by atoms with E-state index in [4.69, 9.17) is 0 Å². The molecule has 0 spiro atoms. The van der Waals surface area contributed by atoms with Crippen LogP contribution in [0.2, 0.25) is 0 Å². The molecule has 1 amide bonds. The molecule has 0 saturated heterocycles. The van der Waals surface area contributed by atoms with E-state index in [-0.39, 0.29) is 18.0 Å². The molecular formula is C16H12BrN3O2. The average Bonchev–Trinajstić information content (AvgIpc) is 2.53. The zero-order valence-electron chi connectivity index (χ0n) is 11.5. The first-order valence-electron chi connectivity index (χ1n) is 6.63. The molecule has 3 rings (SSSR count). The first-order chi connectivity index (χ1) is 10.6. The van der Waals surface area contributed by atoms with Gasteiger partial charge in [0.15, 0.2) is 0 Å². The fourth-order valence-electron chi connectivity index (χ4n) is 2.11. The number of nitrogens with one attached hydrogen (secondary N) is 1. The van der Waals surface area contributed by atoms with Crippen molar-refractivity contribution >= 4 is 38.4 Å². The Kier molecular flexibility index (Phi) is 4.02. The van der Waals surface area contributed by atoms with Gasteiger partial charge >= 0.3 is 0 Å². The van der Waals surface area contributed by atoms with Gasteiger partial charge in [-0.25, -0.2) is 4.98 Å². The lowest BCUT2D eigenvalue weighted by atomic mass is 10.2. The molecule has 0 unspecified atom stereocenters. The van der Waals surface area contributed by atoms with Crippen LogP contribution in [0.3, 0.4) is 0 Å². The van der Waals surface area contributed by atoms with E-state index >= 15 is 0 Å². The first-order valence-corrected chi connectivity index (χ1v) is 7.42. The van der Waals surface area contributed by atoms with Crippen molar-refractivity contribution in [1.82, 2.24) is 9.55 Å². The van der Waals surface area contributed by atoms with Gasteiger partial charge in [0.1, 0.15) is 6.54 Å². The summed E-state index contributed by atoms with van der Waals surface area (Å²) in [5.74, 6) is -0.276. The molecule has 0 aliphatic rings. The minimum atomic E-state index is -0.276. The monoisotopic (exact) mass is 357 g/mol. The normalized spacial score (nSPS) is 10.6. The van der Waals surface area contributed by atoms with Gasteiger partial charge in [0.25, 0.3) is 5.56 Å². The van der Waals surface area contributed by atoms with Crippen molar-refractivity contribution in [2.45, 2.75) is 6.54 Å². The maximum Gasteiger partial charge on any atom is 0.261 e. The molecule has 0 saturated carbocycles. The van der Waals surface area contributed by atoms with Crippen molar-refractivity contribution < 1.29 is 4.79 Å². The number of amides is 1. The second kappa shape index (κ2) is 6.11. The molecule has 3 aromatic rings. The summed E-state index contributed by atoms with van der Waals surface area (Å²) in [5, 5.41) is 3.25. The van der Waals surface area contributed by atoms with Gasteiger partial charge in [-0.15, -0.1) is 0 Å². The molecule has 0 radical (unpaired) electrons. The van der Waals surface area contributed by atoms with Crippen molar-refractivity contribution in [3.05, 3.63) is 69.7 Å². The Morgan fingerprint density at radius 3 is 2.64 bits per heavy atom. The number of halogens is 1. The van der Waals surface area contributed by atoms with Crippen molar-refractivity contribution in [2.24, 2.45) is 0 Å². The van der Waals surface area contributed by atoms with Crippen LogP contribution in [0.4, 0.5) is 5.69 Å². The molecule has 6 heteroatoms. The van der Waals surface area contributed by atoms with Gasteiger partial charge in [0.2, 0.25) is 5.91 Å². The van der Waals surface area contributed by atoms with Gasteiger partial charge in [-0.2, -0.15) is 0 Å². The highest BCUT2D eigenvalue weighted by Gasteiger charge is 2.08. The lowest BCUT2D eigenvalue weighted by Crippen LogP contribution is -2.27. The van der Waals surface area contributed by atoms with Gasteiger partial charge < -0.3 is 5.32 Å². The number of carbonyl (C=O) groups excluding carboxylic acids is 1. The van der Waals surface area contributed by atoms with Crippen LogP contribution >= 0.6 is 15.9 Å². The van der Waals surface area contributed by atoms with Crippen LogP contribution in [0.25, 0.3) is 10.9 Å². The second-order valence-electron chi connectivity index (χ2n) is 4.75. The van der Waals surface area contributed by atoms with Crippen molar-refractivity contribution in [2.75, 3.05) is 5.32 Å². The summed E-state index contributed by atoms with van der Waals surface area (Å²) in [6.07, 6.45) is 1.39. The molecule has 110 valence electrons. The third-order valence-corrected chi connectivity index (χ3v) is 3.70. The van der Waals surface area contributed by atoms with Crippen LogP contribution in [0.1, 0.15) is 0 Å². The number of para-hydroxylation sites is 1. The Bertz CT molecular complexity index is 888. The van der Waals surface area contributed by atoms with Crippen LogP contribution < -0.4 is 10.9 Å². The van der Waals surface area contributed by atoms with E-state index in [0.29, 0.717) is 16.6 Å². The Morgan fingerprint density at radius 2 is 1.86 bits per heavy atom. The van der Waals surface area contributed by atoms with Gasteiger partial charge in [-0.3, -0.25) is 14.2 Å². The fraction of sp³-hybridized carbons (Fsp3) is 0.0625. The summed E-state index contributed by atoms with van der Waals surface area (Å²) in [6, 6.07) is 14.3. The highest BCUT2D eigenvalue weighted by Crippen LogP contribution is 2.14. The predicted molar refractivity (Wildman–Crippen MR) is 88.8 cm³/mol. The summed E-state index contributed by atoms with van der Waals surface area (Å²) in [4.78, 5) is 28.5. The number of hydrogen-bond donors (Lipinski definition) is 1. The summed E-state index contributed by atoms with van der Waals surface area (Å²) in [6.45, 7) is -0.0767. The average molecular weight is 358 g/mol. The summed E-state index contributed by atoms with van der Waals surface area (Å²) >= 11 is 3.33. The van der Waals surface area contributed by atoms with Crippen LogP contribution in [0.5, 0.6) is 0 Å². The van der Waals surface area contributed by atoms with Crippen molar-refractivity contribution in [1.29, 1.82) is 0 Å². The first kappa shape index (κ1) is 14.5. The standard InChI is InChI=1S/C16H12BrN3O2/c17-11-5-7-12(8-6-11)19-15(21)9-20-10-18-14-4-2-1-3-13(14)16(20)22/h1-8,10H,9H2,(H,19,21). The highest BCUT2D eigenvalue weighted by molar-refractivity contribution is 9.10. The van der Waals surface area contributed by atoms with Gasteiger partial charge in [0.05, 0.1) is 17.2 Å². The van der Waals surface area contributed by atoms with Gasteiger partial charge in [-0.1, -0.05) is 28.1 Å². The molecule has 0 fully saturated rings. The van der Waals surface area contributed by atoms with Crippen LogP contribution in [0.15, 0.2) is 64.1 Å². The third-order valence-electron chi connectivity index (χ3n) is 3.17. The van der Waals surface area contributed by atoms with E-state index in [1.54, 1.807) is 30.3 Å². The van der Waals surface area contributed by atoms with Crippen LogP contribution in [-0.2, 0) is 11.3 Å². The number of benzene rings is 2. The minimum Gasteiger partial charge on any atom is -0.325 e. The van der Waals surface area contributed by atoms with Gasteiger partial charge in [0, 0.05) is 10.2 Å². The highest BCUT2D eigenvalue weighted by atomic mass is 79.9. The molecule has 1 heterocycles. The molecule has 0 atom stereocenters. The Balaban J connectivity index is 1.81. The minimum absolute atomic E-state index is 0.0767. The number of carbonyl (C=O) groups is 1. The molecular weight excluding hydrogens is 346 g/mol. The Morgan fingerprint density at radius 1 is 1.14 bits per heavy atom. The maximum atomic E-state index is 12.3. The zero-order chi connectivity index (χ0) is 15.5. The molecule has 2 aromatic carbocycles. The number of aromatic nitrogens is 2. The predicted octanol–water partition coefficient (Wildman–Crippen LogP) is 2.80. The van der Waals surface area contributed by atoms with Crippen molar-refractivity contribution in [3.63, 3.8) is 0 Å². The van der Waals surface area contributed by atoms with E-state index in [2.05, 4.69) is 26.2 Å². The van der Waals surface area contributed by atoms with Crippen LogP contribution in [-0.4, -0.2) is 15.5 Å². The molecule has 1 aromatic heterocycles. The second-order valence-corrected chi connectivity index (χ2v) is 5.67. The Hall–Kier alpha value is -2.47. The van der Waals surface area contributed by atoms with Gasteiger partial charge in [-0.05, 0) is 36.4 Å². The number of nitrogens with zero attached hydrogens (tertiary/aromatic N) is 2. The Labute approximate surface area is 134 Å². The van der Waals surface area contributed by atoms with E-state index in [0.717, 1.165) is 4.47 Å².